The highest BCUT2D eigenvalue weighted by Gasteiger charge is 2.27. The van der Waals surface area contributed by atoms with Gasteiger partial charge in [0.25, 0.3) is 5.91 Å². The fourth-order valence-corrected chi connectivity index (χ4v) is 4.49. The molecule has 0 saturated heterocycles. The molecule has 0 bridgehead atoms. The minimum absolute atomic E-state index is 0.148. The molecule has 0 fully saturated rings. The van der Waals surface area contributed by atoms with Crippen LogP contribution in [0, 0.1) is 0 Å². The van der Waals surface area contributed by atoms with E-state index in [1.54, 1.807) is 29.2 Å². The summed E-state index contributed by atoms with van der Waals surface area (Å²) in [5.74, 6) is -0.0934. The van der Waals surface area contributed by atoms with Crippen molar-refractivity contribution in [1.82, 2.24) is 0 Å². The van der Waals surface area contributed by atoms with Gasteiger partial charge in [0.2, 0.25) is 0 Å². The normalized spacial score (nSPS) is 10.8. The first-order valence-corrected chi connectivity index (χ1v) is 11.7. The number of nitrogens with zero attached hydrogens (tertiary/aromatic N) is 1. The third-order valence-electron chi connectivity index (χ3n) is 6.19. The van der Waals surface area contributed by atoms with E-state index in [0.717, 1.165) is 28.1 Å². The fraction of sp³-hybridized carbons (Fsp3) is 0.0312. The lowest BCUT2D eigenvalue weighted by molar-refractivity contribution is 0.0998. The Morgan fingerprint density at radius 1 is 0.528 bits per heavy atom. The van der Waals surface area contributed by atoms with Gasteiger partial charge in [-0.2, -0.15) is 0 Å². The van der Waals surface area contributed by atoms with Crippen molar-refractivity contribution in [2.24, 2.45) is 0 Å². The fourth-order valence-electron chi connectivity index (χ4n) is 4.49. The van der Waals surface area contributed by atoms with Gasteiger partial charge in [-0.15, -0.1) is 0 Å². The van der Waals surface area contributed by atoms with Gasteiger partial charge in [-0.1, -0.05) is 78.9 Å². The lowest BCUT2D eigenvalue weighted by Crippen LogP contribution is -2.27. The third-order valence-corrected chi connectivity index (χ3v) is 6.19. The summed E-state index contributed by atoms with van der Waals surface area (Å²) in [6.45, 7) is 0. The number of anilines is 2. The molecule has 0 unspecified atom stereocenters. The number of amides is 1. The van der Waals surface area contributed by atoms with Gasteiger partial charge >= 0.3 is 0 Å². The highest BCUT2D eigenvalue weighted by atomic mass is 16.3. The van der Waals surface area contributed by atoms with E-state index >= 15 is 0 Å². The molecule has 5 aromatic carbocycles. The minimum atomic E-state index is -0.292. The van der Waals surface area contributed by atoms with Crippen molar-refractivity contribution in [1.29, 1.82) is 0 Å². The first-order chi connectivity index (χ1) is 17.6. The van der Waals surface area contributed by atoms with Crippen LogP contribution in [0.15, 0.2) is 133 Å². The average molecular weight is 472 g/mol. The van der Waals surface area contributed by atoms with E-state index in [0.29, 0.717) is 5.56 Å². The molecule has 0 heterocycles. The Morgan fingerprint density at radius 3 is 1.42 bits per heavy atom. The Bertz CT molecular complexity index is 1360. The predicted octanol–water partition coefficient (Wildman–Crippen LogP) is 7.26. The summed E-state index contributed by atoms with van der Waals surface area (Å²) in [4.78, 5) is 16.0. The molecule has 0 spiro atoms. The molecule has 2 N–H and O–H groups in total. The zero-order valence-electron chi connectivity index (χ0n) is 19.5. The van der Waals surface area contributed by atoms with Crippen LogP contribution in [0.25, 0.3) is 0 Å². The molecule has 0 aliphatic carbocycles. The van der Waals surface area contributed by atoms with Gasteiger partial charge < -0.3 is 10.2 Å². The van der Waals surface area contributed by atoms with Gasteiger partial charge in [0, 0.05) is 22.9 Å². The monoisotopic (exact) mass is 471 g/mol. The molecule has 0 saturated carbocycles. The van der Waals surface area contributed by atoms with Crippen molar-refractivity contribution in [2.45, 2.75) is 5.92 Å². The van der Waals surface area contributed by atoms with Crippen molar-refractivity contribution in [3.63, 3.8) is 0 Å². The molecule has 4 heteroatoms. The summed E-state index contributed by atoms with van der Waals surface area (Å²) in [5.41, 5.74) is 4.78. The van der Waals surface area contributed by atoms with E-state index in [2.05, 4.69) is 0 Å². The summed E-state index contributed by atoms with van der Waals surface area (Å²) >= 11 is 0. The SMILES string of the molecule is O=C(c1ccccc1C(c1ccc(O)cc1)c1ccc(O)cc1)N(c1ccccc1)c1ccccc1. The van der Waals surface area contributed by atoms with Crippen LogP contribution in [0.3, 0.4) is 0 Å². The predicted molar refractivity (Wildman–Crippen MR) is 143 cm³/mol. The number of benzene rings is 5. The van der Waals surface area contributed by atoms with Gasteiger partial charge in [0.1, 0.15) is 11.5 Å². The second-order valence-corrected chi connectivity index (χ2v) is 8.51. The highest BCUT2D eigenvalue weighted by Crippen LogP contribution is 2.37. The zero-order chi connectivity index (χ0) is 24.9. The minimum Gasteiger partial charge on any atom is -0.508 e. The molecule has 5 aromatic rings. The van der Waals surface area contributed by atoms with E-state index in [1.165, 1.54) is 0 Å². The summed E-state index contributed by atoms with van der Waals surface area (Å²) in [5, 5.41) is 19.8. The number of phenolic OH excluding ortho intramolecular Hbond substituents is 2. The molecular formula is C32H25NO3. The second-order valence-electron chi connectivity index (χ2n) is 8.51. The third kappa shape index (κ3) is 4.70. The molecule has 0 aliphatic heterocycles. The van der Waals surface area contributed by atoms with Crippen molar-refractivity contribution >= 4 is 17.3 Å². The van der Waals surface area contributed by atoms with Gasteiger partial charge in [-0.05, 0) is 71.3 Å². The second kappa shape index (κ2) is 10.2. The smallest absolute Gasteiger partial charge is 0.263 e. The maximum atomic E-state index is 14.3. The van der Waals surface area contributed by atoms with Crippen molar-refractivity contribution in [3.05, 3.63) is 156 Å². The molecule has 0 aliphatic rings. The van der Waals surface area contributed by atoms with Crippen LogP contribution in [0.1, 0.15) is 33.0 Å². The van der Waals surface area contributed by atoms with Crippen molar-refractivity contribution < 1.29 is 15.0 Å². The molecule has 4 nitrogen and oxygen atoms in total. The number of para-hydroxylation sites is 2. The van der Waals surface area contributed by atoms with E-state index in [1.807, 2.05) is 109 Å². The van der Waals surface area contributed by atoms with Crippen molar-refractivity contribution in [2.75, 3.05) is 4.90 Å². The zero-order valence-corrected chi connectivity index (χ0v) is 19.5. The van der Waals surface area contributed by atoms with Crippen LogP contribution in [0.5, 0.6) is 11.5 Å². The topological polar surface area (TPSA) is 60.8 Å². The molecular weight excluding hydrogens is 446 g/mol. The number of phenols is 2. The molecule has 1 amide bonds. The Labute approximate surface area is 210 Å². The lowest BCUT2D eigenvalue weighted by atomic mass is 9.82. The van der Waals surface area contributed by atoms with Crippen LogP contribution in [-0.2, 0) is 0 Å². The van der Waals surface area contributed by atoms with Crippen LogP contribution < -0.4 is 4.90 Å². The molecule has 0 atom stereocenters. The van der Waals surface area contributed by atoms with E-state index < -0.39 is 0 Å². The largest absolute Gasteiger partial charge is 0.508 e. The summed E-state index contributed by atoms with van der Waals surface area (Å²) < 4.78 is 0. The molecule has 176 valence electrons. The van der Waals surface area contributed by atoms with E-state index in [9.17, 15) is 15.0 Å². The first-order valence-electron chi connectivity index (χ1n) is 11.7. The molecule has 5 rings (SSSR count). The van der Waals surface area contributed by atoms with Crippen LogP contribution in [0.4, 0.5) is 11.4 Å². The standard InChI is InChI=1S/C32H25NO3/c34-27-19-15-23(16-20-27)31(24-17-21-28(35)22-18-24)29-13-7-8-14-30(29)32(36)33(25-9-3-1-4-10-25)26-11-5-2-6-12-26/h1-22,31,34-35H. The molecule has 36 heavy (non-hydrogen) atoms. The Kier molecular flexibility index (Phi) is 6.50. The Morgan fingerprint density at radius 2 is 0.944 bits per heavy atom. The summed E-state index contributed by atoms with van der Waals surface area (Å²) in [7, 11) is 0. The van der Waals surface area contributed by atoms with E-state index in [4.69, 9.17) is 0 Å². The Hall–Kier alpha value is -4.83. The van der Waals surface area contributed by atoms with Gasteiger partial charge in [0.05, 0.1) is 0 Å². The number of hydrogen-bond donors (Lipinski definition) is 2. The van der Waals surface area contributed by atoms with Gasteiger partial charge in [-0.3, -0.25) is 9.69 Å². The van der Waals surface area contributed by atoms with Crippen LogP contribution in [-0.4, -0.2) is 16.1 Å². The lowest BCUT2D eigenvalue weighted by Gasteiger charge is -2.27. The maximum Gasteiger partial charge on any atom is 0.263 e. The highest BCUT2D eigenvalue weighted by molar-refractivity contribution is 6.11. The van der Waals surface area contributed by atoms with Crippen LogP contribution in [0.2, 0.25) is 0 Å². The molecule has 0 radical (unpaired) electrons. The summed E-state index contributed by atoms with van der Waals surface area (Å²) in [6.07, 6.45) is 0. The number of rotatable bonds is 6. The number of carbonyl (C=O) groups excluding carboxylic acids is 1. The first kappa shape index (κ1) is 22.9. The number of aromatic hydroxyl groups is 2. The van der Waals surface area contributed by atoms with Crippen molar-refractivity contribution in [3.8, 4) is 11.5 Å². The van der Waals surface area contributed by atoms with Gasteiger partial charge in [-0.25, -0.2) is 0 Å². The Balaban J connectivity index is 1.68. The van der Waals surface area contributed by atoms with Crippen LogP contribution >= 0.6 is 0 Å². The average Bonchev–Trinajstić information content (AvgIpc) is 2.92. The van der Waals surface area contributed by atoms with Gasteiger partial charge in [0.15, 0.2) is 0 Å². The van der Waals surface area contributed by atoms with E-state index in [-0.39, 0.29) is 23.3 Å². The number of hydrogen-bond acceptors (Lipinski definition) is 3. The molecule has 0 aromatic heterocycles. The number of carbonyl (C=O) groups is 1. The quantitative estimate of drug-likeness (QED) is 0.256. The summed E-state index contributed by atoms with van der Waals surface area (Å²) in [6, 6.07) is 40.9. The maximum absolute atomic E-state index is 14.3.